The Hall–Kier alpha value is -2.44. The molecular formula is C16H9ClO5S. The fourth-order valence-electron chi connectivity index (χ4n) is 1.95. The number of hydrogen-bond acceptors (Lipinski definition) is 6. The second-order valence-electron chi connectivity index (χ2n) is 4.59. The summed E-state index contributed by atoms with van der Waals surface area (Å²) >= 11 is 6.84. The van der Waals surface area contributed by atoms with Crippen LogP contribution in [0, 0.1) is 0 Å². The molecule has 0 atom stereocenters. The lowest BCUT2D eigenvalue weighted by atomic mass is 10.2. The number of ketones is 1. The second-order valence-corrected chi connectivity index (χ2v) is 6.30. The molecule has 0 fully saturated rings. The van der Waals surface area contributed by atoms with Crippen molar-refractivity contribution in [3.05, 3.63) is 67.7 Å². The Bertz CT molecular complexity index is 956. The molecule has 0 aliphatic rings. The van der Waals surface area contributed by atoms with E-state index in [4.69, 9.17) is 20.8 Å². The number of Topliss-reactive ketones (excluding diaryl/α,β-unsaturated/α-hetero) is 1. The summed E-state index contributed by atoms with van der Waals surface area (Å²) in [6.45, 7) is -0.470. The van der Waals surface area contributed by atoms with Gasteiger partial charge in [-0.1, -0.05) is 29.8 Å². The zero-order valence-electron chi connectivity index (χ0n) is 11.6. The van der Waals surface area contributed by atoms with Crippen molar-refractivity contribution in [2.45, 2.75) is 0 Å². The third-order valence-corrected chi connectivity index (χ3v) is 4.32. The topological polar surface area (TPSA) is 73.6 Å². The number of rotatable bonds is 4. The van der Waals surface area contributed by atoms with Gasteiger partial charge in [0.15, 0.2) is 6.61 Å². The molecule has 5 nitrogen and oxygen atoms in total. The SMILES string of the molecule is O=C(COC(=O)c1cc2ccccc2oc1=O)c1ccc(Cl)s1. The number of thiophene rings is 1. The average molecular weight is 349 g/mol. The third-order valence-electron chi connectivity index (χ3n) is 3.04. The summed E-state index contributed by atoms with van der Waals surface area (Å²) in [6.07, 6.45) is 0. The Morgan fingerprint density at radius 3 is 2.70 bits per heavy atom. The Morgan fingerprint density at radius 2 is 1.96 bits per heavy atom. The van der Waals surface area contributed by atoms with Gasteiger partial charge in [-0.05, 0) is 24.3 Å². The first-order chi connectivity index (χ1) is 11.0. The second kappa shape index (κ2) is 6.36. The number of para-hydroxylation sites is 1. The maximum Gasteiger partial charge on any atom is 0.351 e. The summed E-state index contributed by atoms with van der Waals surface area (Å²) < 4.78 is 10.4. The number of esters is 1. The maximum atomic E-state index is 12.0. The summed E-state index contributed by atoms with van der Waals surface area (Å²) in [4.78, 5) is 36.1. The number of benzene rings is 1. The Kier molecular flexibility index (Phi) is 4.27. The zero-order chi connectivity index (χ0) is 16.4. The van der Waals surface area contributed by atoms with Crippen molar-refractivity contribution in [1.82, 2.24) is 0 Å². The molecule has 0 unspecified atom stereocenters. The summed E-state index contributed by atoms with van der Waals surface area (Å²) in [5.74, 6) is -1.29. The molecule has 0 amide bonds. The normalized spacial score (nSPS) is 10.7. The fraction of sp³-hybridized carbons (Fsp3) is 0.0625. The molecule has 116 valence electrons. The molecule has 2 heterocycles. The van der Waals surface area contributed by atoms with Crippen LogP contribution in [0.5, 0.6) is 0 Å². The molecule has 0 spiro atoms. The van der Waals surface area contributed by atoms with Crippen LogP contribution < -0.4 is 5.63 Å². The van der Waals surface area contributed by atoms with E-state index in [2.05, 4.69) is 0 Å². The number of hydrogen-bond donors (Lipinski definition) is 0. The highest BCUT2D eigenvalue weighted by Gasteiger charge is 2.17. The van der Waals surface area contributed by atoms with Gasteiger partial charge in [-0.2, -0.15) is 0 Å². The number of carbonyl (C=O) groups is 2. The molecule has 0 bridgehead atoms. The first-order valence-corrected chi connectivity index (χ1v) is 7.72. The van der Waals surface area contributed by atoms with Crippen LogP contribution in [-0.4, -0.2) is 18.4 Å². The standard InChI is InChI=1S/C16H9ClO5S/c17-14-6-5-13(23-14)11(18)8-21-15(19)10-7-9-3-1-2-4-12(9)22-16(10)20/h1-7H,8H2. The first-order valence-electron chi connectivity index (χ1n) is 6.53. The molecule has 0 aliphatic carbocycles. The number of ether oxygens (including phenoxy) is 1. The van der Waals surface area contributed by atoms with Crippen molar-refractivity contribution >= 4 is 45.7 Å². The maximum absolute atomic E-state index is 12.0. The lowest BCUT2D eigenvalue weighted by molar-refractivity contribution is 0.0472. The van der Waals surface area contributed by atoms with Gasteiger partial charge in [-0.25, -0.2) is 9.59 Å². The van der Waals surface area contributed by atoms with Crippen molar-refractivity contribution in [1.29, 1.82) is 0 Å². The molecule has 23 heavy (non-hydrogen) atoms. The van der Waals surface area contributed by atoms with Gasteiger partial charge in [0, 0.05) is 5.39 Å². The quantitative estimate of drug-likeness (QED) is 0.409. The molecule has 0 N–H and O–H groups in total. The van der Waals surface area contributed by atoms with Gasteiger partial charge in [-0.3, -0.25) is 4.79 Å². The Balaban J connectivity index is 1.77. The summed E-state index contributed by atoms with van der Waals surface area (Å²) in [7, 11) is 0. The number of halogens is 1. The van der Waals surface area contributed by atoms with Crippen molar-refractivity contribution in [2.75, 3.05) is 6.61 Å². The van der Waals surface area contributed by atoms with Crippen molar-refractivity contribution in [2.24, 2.45) is 0 Å². The lowest BCUT2D eigenvalue weighted by Crippen LogP contribution is -2.19. The monoisotopic (exact) mass is 348 g/mol. The molecule has 0 aliphatic heterocycles. The van der Waals surface area contributed by atoms with E-state index >= 15 is 0 Å². The third kappa shape index (κ3) is 3.33. The molecule has 0 saturated heterocycles. The minimum atomic E-state index is -0.902. The number of carbonyl (C=O) groups excluding carboxylic acids is 2. The van der Waals surface area contributed by atoms with Crippen LogP contribution in [0.1, 0.15) is 20.0 Å². The predicted molar refractivity (Wildman–Crippen MR) is 86.4 cm³/mol. The molecule has 0 radical (unpaired) electrons. The van der Waals surface area contributed by atoms with Crippen LogP contribution in [-0.2, 0) is 4.74 Å². The molecule has 3 aromatic rings. The van der Waals surface area contributed by atoms with Crippen LogP contribution in [0.25, 0.3) is 11.0 Å². The van der Waals surface area contributed by atoms with Crippen molar-refractivity contribution in [3.63, 3.8) is 0 Å². The first kappa shape index (κ1) is 15.5. The molecule has 1 aromatic carbocycles. The zero-order valence-corrected chi connectivity index (χ0v) is 13.1. The van der Waals surface area contributed by atoms with Crippen LogP contribution in [0.4, 0.5) is 0 Å². The average Bonchev–Trinajstić information content (AvgIpc) is 2.98. The van der Waals surface area contributed by atoms with Crippen LogP contribution in [0.15, 0.2) is 51.7 Å². The van der Waals surface area contributed by atoms with Crippen LogP contribution in [0.2, 0.25) is 4.34 Å². The largest absolute Gasteiger partial charge is 0.453 e. The summed E-state index contributed by atoms with van der Waals surface area (Å²) in [5, 5.41) is 0.593. The van der Waals surface area contributed by atoms with Gasteiger partial charge in [0.1, 0.15) is 11.1 Å². The minimum Gasteiger partial charge on any atom is -0.453 e. The molecule has 7 heteroatoms. The Morgan fingerprint density at radius 1 is 1.17 bits per heavy atom. The highest BCUT2D eigenvalue weighted by molar-refractivity contribution is 7.18. The van der Waals surface area contributed by atoms with Crippen LogP contribution >= 0.6 is 22.9 Å². The van der Waals surface area contributed by atoms with Crippen LogP contribution in [0.3, 0.4) is 0 Å². The van der Waals surface area contributed by atoms with E-state index in [9.17, 15) is 14.4 Å². The van der Waals surface area contributed by atoms with Crippen molar-refractivity contribution < 1.29 is 18.7 Å². The van der Waals surface area contributed by atoms with E-state index in [1.54, 1.807) is 36.4 Å². The van der Waals surface area contributed by atoms with E-state index in [0.717, 1.165) is 11.3 Å². The van der Waals surface area contributed by atoms with Gasteiger partial charge in [0.25, 0.3) is 0 Å². The molecule has 2 aromatic heterocycles. The van der Waals surface area contributed by atoms with Gasteiger partial charge in [0.05, 0.1) is 9.21 Å². The summed E-state index contributed by atoms with van der Waals surface area (Å²) in [5.41, 5.74) is -0.681. The van der Waals surface area contributed by atoms with E-state index in [0.29, 0.717) is 20.2 Å². The van der Waals surface area contributed by atoms with E-state index in [1.165, 1.54) is 6.07 Å². The van der Waals surface area contributed by atoms with Gasteiger partial charge in [-0.15, -0.1) is 11.3 Å². The van der Waals surface area contributed by atoms with Gasteiger partial charge >= 0.3 is 11.6 Å². The van der Waals surface area contributed by atoms with Gasteiger partial charge in [0.2, 0.25) is 5.78 Å². The minimum absolute atomic E-state index is 0.249. The van der Waals surface area contributed by atoms with E-state index in [1.807, 2.05) is 0 Å². The molecular weight excluding hydrogens is 340 g/mol. The summed E-state index contributed by atoms with van der Waals surface area (Å²) in [6, 6.07) is 11.3. The fourth-order valence-corrected chi connectivity index (χ4v) is 2.92. The Labute approximate surface area is 139 Å². The smallest absolute Gasteiger partial charge is 0.351 e. The predicted octanol–water partition coefficient (Wildman–Crippen LogP) is 3.55. The highest BCUT2D eigenvalue weighted by Crippen LogP contribution is 2.22. The molecule has 0 saturated carbocycles. The molecule has 3 rings (SSSR count). The lowest BCUT2D eigenvalue weighted by Gasteiger charge is -2.03. The number of fused-ring (bicyclic) bond motifs is 1. The van der Waals surface area contributed by atoms with E-state index in [-0.39, 0.29) is 11.3 Å². The highest BCUT2D eigenvalue weighted by atomic mass is 35.5. The van der Waals surface area contributed by atoms with Gasteiger partial charge < -0.3 is 9.15 Å². The van der Waals surface area contributed by atoms with E-state index < -0.39 is 18.2 Å². The van der Waals surface area contributed by atoms with Crippen molar-refractivity contribution in [3.8, 4) is 0 Å².